The molecule has 0 bridgehead atoms. The SMILES string of the molecule is CCc1ccc(-c2noc(CSc3nnc4n3CCCCC4)n2)cc1. The third kappa shape index (κ3) is 3.61. The van der Waals surface area contributed by atoms with Crippen LogP contribution in [-0.4, -0.2) is 24.9 Å². The molecular weight excluding hydrogens is 334 g/mol. The minimum atomic E-state index is 0.609. The molecule has 3 heterocycles. The number of fused-ring (bicyclic) bond motifs is 1. The van der Waals surface area contributed by atoms with Gasteiger partial charge in [0.1, 0.15) is 5.82 Å². The Morgan fingerprint density at radius 3 is 2.84 bits per heavy atom. The molecule has 0 fully saturated rings. The molecule has 0 aliphatic carbocycles. The number of aromatic nitrogens is 5. The van der Waals surface area contributed by atoms with Crippen molar-refractivity contribution < 1.29 is 4.52 Å². The molecule has 0 saturated carbocycles. The van der Waals surface area contributed by atoms with E-state index in [0.29, 0.717) is 17.5 Å². The second kappa shape index (κ2) is 7.39. The van der Waals surface area contributed by atoms with Gasteiger partial charge in [0.25, 0.3) is 0 Å². The second-order valence-corrected chi connectivity index (χ2v) is 7.15. The molecule has 0 unspecified atom stereocenters. The lowest BCUT2D eigenvalue weighted by atomic mass is 10.1. The fraction of sp³-hybridized carbons (Fsp3) is 0.444. The predicted molar refractivity (Wildman–Crippen MR) is 96.3 cm³/mol. The molecular formula is C18H21N5OS. The van der Waals surface area contributed by atoms with Crippen LogP contribution in [0.4, 0.5) is 0 Å². The van der Waals surface area contributed by atoms with Crippen LogP contribution in [0.5, 0.6) is 0 Å². The molecule has 2 aromatic heterocycles. The first-order chi connectivity index (χ1) is 12.3. The van der Waals surface area contributed by atoms with Gasteiger partial charge in [-0.25, -0.2) is 0 Å². The lowest BCUT2D eigenvalue weighted by Crippen LogP contribution is -2.02. The zero-order valence-electron chi connectivity index (χ0n) is 14.3. The summed E-state index contributed by atoms with van der Waals surface area (Å²) in [6, 6.07) is 8.29. The summed E-state index contributed by atoms with van der Waals surface area (Å²) in [4.78, 5) is 4.51. The zero-order valence-corrected chi connectivity index (χ0v) is 15.1. The molecule has 0 spiro atoms. The summed E-state index contributed by atoms with van der Waals surface area (Å²) in [6.07, 6.45) is 5.70. The van der Waals surface area contributed by atoms with Crippen LogP contribution in [0.3, 0.4) is 0 Å². The van der Waals surface area contributed by atoms with E-state index in [-0.39, 0.29) is 0 Å². The number of aryl methyl sites for hydroxylation is 2. The van der Waals surface area contributed by atoms with Crippen molar-refractivity contribution in [1.29, 1.82) is 0 Å². The van der Waals surface area contributed by atoms with Gasteiger partial charge in [0.15, 0.2) is 5.16 Å². The van der Waals surface area contributed by atoms with Crippen molar-refractivity contribution >= 4 is 11.8 Å². The average Bonchev–Trinajstić information content (AvgIpc) is 3.21. The topological polar surface area (TPSA) is 69.6 Å². The smallest absolute Gasteiger partial charge is 0.237 e. The molecule has 130 valence electrons. The molecule has 0 radical (unpaired) electrons. The lowest BCUT2D eigenvalue weighted by Gasteiger charge is -2.04. The van der Waals surface area contributed by atoms with Gasteiger partial charge in [-0.1, -0.05) is 54.5 Å². The Kier molecular flexibility index (Phi) is 4.83. The maximum Gasteiger partial charge on any atom is 0.237 e. The largest absolute Gasteiger partial charge is 0.338 e. The van der Waals surface area contributed by atoms with Crippen LogP contribution >= 0.6 is 11.8 Å². The molecule has 4 rings (SSSR count). The number of rotatable bonds is 5. The minimum Gasteiger partial charge on any atom is -0.338 e. The third-order valence-electron chi connectivity index (χ3n) is 4.49. The Bertz CT molecular complexity index is 840. The summed E-state index contributed by atoms with van der Waals surface area (Å²) in [6.45, 7) is 3.15. The molecule has 6 nitrogen and oxygen atoms in total. The van der Waals surface area contributed by atoms with Crippen LogP contribution in [0.25, 0.3) is 11.4 Å². The van der Waals surface area contributed by atoms with Gasteiger partial charge in [0, 0.05) is 18.5 Å². The Hall–Kier alpha value is -2.15. The van der Waals surface area contributed by atoms with Crippen molar-refractivity contribution in [2.75, 3.05) is 0 Å². The van der Waals surface area contributed by atoms with Gasteiger partial charge in [0.05, 0.1) is 5.75 Å². The van der Waals surface area contributed by atoms with Gasteiger partial charge < -0.3 is 9.09 Å². The fourth-order valence-corrected chi connectivity index (χ4v) is 3.83. The number of nitrogens with zero attached hydrogens (tertiary/aromatic N) is 5. The minimum absolute atomic E-state index is 0.609. The first-order valence-corrected chi connectivity index (χ1v) is 9.79. The fourth-order valence-electron chi connectivity index (χ4n) is 3.01. The highest BCUT2D eigenvalue weighted by atomic mass is 32.2. The van der Waals surface area contributed by atoms with E-state index < -0.39 is 0 Å². The molecule has 3 aromatic rings. The summed E-state index contributed by atoms with van der Waals surface area (Å²) in [5.41, 5.74) is 2.28. The molecule has 0 atom stereocenters. The standard InChI is InChI=1S/C18H21N5OS/c1-2-13-7-9-14(10-8-13)17-19-16(24-22-17)12-25-18-21-20-15-6-4-3-5-11-23(15)18/h7-10H,2-6,11-12H2,1H3. The van der Waals surface area contributed by atoms with Crippen molar-refractivity contribution in [3.05, 3.63) is 41.5 Å². The van der Waals surface area contributed by atoms with Gasteiger partial charge >= 0.3 is 0 Å². The normalized spacial score (nSPS) is 14.3. The first-order valence-electron chi connectivity index (χ1n) is 8.80. The van der Waals surface area contributed by atoms with Gasteiger partial charge in [-0.15, -0.1) is 10.2 Å². The number of thioether (sulfide) groups is 1. The van der Waals surface area contributed by atoms with Crippen LogP contribution in [0.15, 0.2) is 33.9 Å². The zero-order chi connectivity index (χ0) is 17.1. The molecule has 0 amide bonds. The monoisotopic (exact) mass is 355 g/mol. The van der Waals surface area contributed by atoms with Crippen molar-refractivity contribution in [1.82, 2.24) is 24.9 Å². The summed E-state index contributed by atoms with van der Waals surface area (Å²) < 4.78 is 7.64. The Morgan fingerprint density at radius 1 is 1.12 bits per heavy atom. The van der Waals surface area contributed by atoms with Gasteiger partial charge in [-0.05, 0) is 24.8 Å². The Balaban J connectivity index is 1.44. The van der Waals surface area contributed by atoms with Crippen LogP contribution in [0.2, 0.25) is 0 Å². The molecule has 7 heteroatoms. The maximum absolute atomic E-state index is 5.40. The van der Waals surface area contributed by atoms with Gasteiger partial charge in [0.2, 0.25) is 11.7 Å². The quantitative estimate of drug-likeness (QED) is 0.646. The van der Waals surface area contributed by atoms with Crippen molar-refractivity contribution in [2.24, 2.45) is 0 Å². The van der Waals surface area contributed by atoms with Crippen LogP contribution in [-0.2, 0) is 25.1 Å². The van der Waals surface area contributed by atoms with E-state index in [1.165, 1.54) is 24.8 Å². The predicted octanol–water partition coefficient (Wildman–Crippen LogP) is 3.91. The van der Waals surface area contributed by atoms with Gasteiger partial charge in [-0.3, -0.25) is 0 Å². The summed E-state index contributed by atoms with van der Waals surface area (Å²) in [7, 11) is 0. The van der Waals surface area contributed by atoms with E-state index >= 15 is 0 Å². The molecule has 1 aliphatic heterocycles. The van der Waals surface area contributed by atoms with E-state index in [2.05, 4.69) is 44.0 Å². The Labute approximate surface area is 151 Å². The van der Waals surface area contributed by atoms with Gasteiger partial charge in [-0.2, -0.15) is 4.98 Å². The summed E-state index contributed by atoms with van der Waals surface area (Å²) in [5.74, 6) is 2.96. The number of hydrogen-bond donors (Lipinski definition) is 0. The lowest BCUT2D eigenvalue weighted by molar-refractivity contribution is 0.391. The highest BCUT2D eigenvalue weighted by Crippen LogP contribution is 2.25. The van der Waals surface area contributed by atoms with E-state index in [1.54, 1.807) is 11.8 Å². The highest BCUT2D eigenvalue weighted by molar-refractivity contribution is 7.98. The van der Waals surface area contributed by atoms with Crippen molar-refractivity contribution in [2.45, 2.75) is 56.5 Å². The van der Waals surface area contributed by atoms with Crippen molar-refractivity contribution in [3.8, 4) is 11.4 Å². The number of benzene rings is 1. The first kappa shape index (κ1) is 16.3. The maximum atomic E-state index is 5.40. The molecule has 0 N–H and O–H groups in total. The molecule has 25 heavy (non-hydrogen) atoms. The highest BCUT2D eigenvalue weighted by Gasteiger charge is 2.16. The summed E-state index contributed by atoms with van der Waals surface area (Å²) >= 11 is 1.61. The molecule has 1 aliphatic rings. The summed E-state index contributed by atoms with van der Waals surface area (Å²) in [5, 5.41) is 13.7. The van der Waals surface area contributed by atoms with Crippen molar-refractivity contribution in [3.63, 3.8) is 0 Å². The number of hydrogen-bond acceptors (Lipinski definition) is 6. The van der Waals surface area contributed by atoms with Crippen LogP contribution in [0, 0.1) is 0 Å². The molecule has 1 aromatic carbocycles. The van der Waals surface area contributed by atoms with Crippen LogP contribution in [0.1, 0.15) is 43.5 Å². The van der Waals surface area contributed by atoms with E-state index in [1.807, 2.05) is 12.1 Å². The third-order valence-corrected chi connectivity index (χ3v) is 5.44. The van der Waals surface area contributed by atoms with Crippen LogP contribution < -0.4 is 0 Å². The van der Waals surface area contributed by atoms with E-state index in [4.69, 9.17) is 4.52 Å². The molecule has 0 saturated heterocycles. The average molecular weight is 355 g/mol. The second-order valence-electron chi connectivity index (χ2n) is 6.21. The van der Waals surface area contributed by atoms with E-state index in [9.17, 15) is 0 Å². The van der Waals surface area contributed by atoms with E-state index in [0.717, 1.165) is 35.9 Å². The Morgan fingerprint density at radius 2 is 2.00 bits per heavy atom.